The molecule has 7 nitrogen and oxygen atoms in total. The van der Waals surface area contributed by atoms with Gasteiger partial charge in [0.1, 0.15) is 17.2 Å². The van der Waals surface area contributed by atoms with E-state index in [1.165, 1.54) is 36.4 Å². The normalized spacial score (nSPS) is 12.5. The van der Waals surface area contributed by atoms with E-state index < -0.39 is 36.1 Å². The number of hydrogen-bond donors (Lipinski definition) is 2. The fourth-order valence-corrected chi connectivity index (χ4v) is 4.23. The minimum atomic E-state index is -4.91. The molecule has 218 valence electrons. The lowest BCUT2D eigenvalue weighted by molar-refractivity contribution is -0.138. The van der Waals surface area contributed by atoms with Crippen molar-refractivity contribution in [2.45, 2.75) is 38.4 Å². The fraction of sp³-hybridized carbons (Fsp3) is 0.219. The highest BCUT2D eigenvalue weighted by Gasteiger charge is 2.36. The van der Waals surface area contributed by atoms with E-state index in [2.05, 4.69) is 10.3 Å². The van der Waals surface area contributed by atoms with E-state index in [-0.39, 0.29) is 5.56 Å². The van der Waals surface area contributed by atoms with Gasteiger partial charge in [-0.2, -0.15) is 13.2 Å². The molecule has 0 saturated carbocycles. The minimum absolute atomic E-state index is 0.0766. The Hall–Kier alpha value is -4.86. The zero-order chi connectivity index (χ0) is 30.1. The van der Waals surface area contributed by atoms with Crippen molar-refractivity contribution in [3.63, 3.8) is 0 Å². The number of aliphatic carboxylic acids is 1. The number of carbonyl (C=O) groups excluding carboxylic acids is 1. The van der Waals surface area contributed by atoms with Gasteiger partial charge < -0.3 is 19.6 Å². The summed E-state index contributed by atoms with van der Waals surface area (Å²) in [5.41, 5.74) is 0.752. The molecule has 0 amide bonds. The molecule has 0 saturated heterocycles. The van der Waals surface area contributed by atoms with Crippen LogP contribution < -0.4 is 10.1 Å². The first-order valence-corrected chi connectivity index (χ1v) is 13.2. The number of rotatable bonds is 13. The number of carboxylic acid groups (broad SMARTS) is 1. The predicted octanol–water partition coefficient (Wildman–Crippen LogP) is 7.10. The smallest absolute Gasteiger partial charge is 0.431 e. The first-order chi connectivity index (χ1) is 20.1. The molecule has 0 bridgehead atoms. The average molecular weight is 579 g/mol. The number of carboxylic acids is 1. The van der Waals surface area contributed by atoms with Crippen molar-refractivity contribution in [2.24, 2.45) is 0 Å². The van der Waals surface area contributed by atoms with Gasteiger partial charge in [0.15, 0.2) is 5.78 Å². The summed E-state index contributed by atoms with van der Waals surface area (Å²) in [6, 6.07) is 22.0. The van der Waals surface area contributed by atoms with Crippen LogP contribution in [0.15, 0.2) is 101 Å². The van der Waals surface area contributed by atoms with Gasteiger partial charge in [-0.3, -0.25) is 9.59 Å². The molecular formula is C32H29F3N2O5. The predicted molar refractivity (Wildman–Crippen MR) is 150 cm³/mol. The van der Waals surface area contributed by atoms with Crippen molar-refractivity contribution < 1.29 is 37.0 Å². The second-order valence-corrected chi connectivity index (χ2v) is 9.49. The molecule has 2 N–H and O–H groups in total. The number of oxazole rings is 1. The van der Waals surface area contributed by atoms with Crippen LogP contribution in [0, 0.1) is 6.92 Å². The Labute approximate surface area is 240 Å². The summed E-state index contributed by atoms with van der Waals surface area (Å²) in [4.78, 5) is 28.5. The van der Waals surface area contributed by atoms with E-state index in [0.717, 1.165) is 17.0 Å². The van der Waals surface area contributed by atoms with E-state index >= 15 is 0 Å². The molecule has 42 heavy (non-hydrogen) atoms. The summed E-state index contributed by atoms with van der Waals surface area (Å²) < 4.78 is 53.0. The fourth-order valence-electron chi connectivity index (χ4n) is 4.23. The number of nitrogens with zero attached hydrogens (tertiary/aromatic N) is 1. The Morgan fingerprint density at radius 3 is 2.26 bits per heavy atom. The number of allylic oxidation sites excluding steroid dienone is 2. The van der Waals surface area contributed by atoms with Crippen LogP contribution in [0.25, 0.3) is 11.5 Å². The topological polar surface area (TPSA) is 102 Å². The average Bonchev–Trinajstić information content (AvgIpc) is 3.35. The van der Waals surface area contributed by atoms with Gasteiger partial charge >= 0.3 is 12.1 Å². The lowest BCUT2D eigenvalue weighted by Gasteiger charge is -2.22. The van der Waals surface area contributed by atoms with Crippen LogP contribution in [0.5, 0.6) is 5.75 Å². The van der Waals surface area contributed by atoms with E-state index in [0.29, 0.717) is 42.7 Å². The highest BCUT2D eigenvalue weighted by atomic mass is 19.4. The monoisotopic (exact) mass is 578 g/mol. The zero-order valence-corrected chi connectivity index (χ0v) is 22.7. The second-order valence-electron chi connectivity index (χ2n) is 9.49. The standard InChI is InChI=1S/C32H29F3N2O5/c1-21-26(37-31(42-21)24-11-6-3-7-12-24)13-8-18-41-25-16-14-22(15-17-25)27(19-30(39)40)36-29(32(33,34)35)20-28(38)23-9-4-2-5-10-23/h2-7,9-12,14-17,20,27,36H,8,13,18-19H2,1H3,(H,39,40)/b29-20+. The van der Waals surface area contributed by atoms with Gasteiger partial charge in [-0.15, -0.1) is 0 Å². The van der Waals surface area contributed by atoms with Crippen LogP contribution in [0.4, 0.5) is 13.2 Å². The van der Waals surface area contributed by atoms with Crippen molar-refractivity contribution >= 4 is 11.8 Å². The molecule has 0 spiro atoms. The molecule has 1 atom stereocenters. The lowest BCUT2D eigenvalue weighted by atomic mass is 10.0. The molecule has 0 aliphatic carbocycles. The number of benzene rings is 3. The third-order valence-electron chi connectivity index (χ3n) is 6.37. The molecule has 3 aromatic carbocycles. The summed E-state index contributed by atoms with van der Waals surface area (Å²) in [5.74, 6) is -0.404. The Bertz CT molecular complexity index is 1520. The molecule has 0 aliphatic rings. The van der Waals surface area contributed by atoms with E-state index in [1.54, 1.807) is 18.2 Å². The summed E-state index contributed by atoms with van der Waals surface area (Å²) in [5, 5.41) is 11.6. The molecule has 10 heteroatoms. The Kier molecular flexibility index (Phi) is 9.80. The quantitative estimate of drug-likeness (QED) is 0.0992. The van der Waals surface area contributed by atoms with Gasteiger partial charge in [0.25, 0.3) is 0 Å². The van der Waals surface area contributed by atoms with Crippen LogP contribution in [-0.4, -0.2) is 34.6 Å². The molecule has 0 radical (unpaired) electrons. The molecule has 1 heterocycles. The molecule has 4 aromatic rings. The Morgan fingerprint density at radius 1 is 1.00 bits per heavy atom. The van der Waals surface area contributed by atoms with Crippen molar-refractivity contribution in [3.8, 4) is 17.2 Å². The zero-order valence-electron chi connectivity index (χ0n) is 22.7. The summed E-state index contributed by atoms with van der Waals surface area (Å²) in [6.45, 7) is 2.21. The maximum absolute atomic E-state index is 13.8. The first kappa shape index (κ1) is 30.1. The van der Waals surface area contributed by atoms with Gasteiger partial charge in [-0.1, -0.05) is 60.7 Å². The Morgan fingerprint density at radius 2 is 1.64 bits per heavy atom. The maximum atomic E-state index is 13.8. The largest absolute Gasteiger partial charge is 0.494 e. The second kappa shape index (κ2) is 13.7. The van der Waals surface area contributed by atoms with Gasteiger partial charge in [0, 0.05) is 17.2 Å². The van der Waals surface area contributed by atoms with Crippen LogP contribution in [0.3, 0.4) is 0 Å². The van der Waals surface area contributed by atoms with Gasteiger partial charge in [-0.25, -0.2) is 4.98 Å². The number of halogens is 3. The number of hydrogen-bond acceptors (Lipinski definition) is 6. The van der Waals surface area contributed by atoms with Crippen molar-refractivity contribution in [1.82, 2.24) is 10.3 Å². The molecule has 1 unspecified atom stereocenters. The van der Waals surface area contributed by atoms with E-state index in [9.17, 15) is 27.9 Å². The van der Waals surface area contributed by atoms with Gasteiger partial charge in [0.2, 0.25) is 5.89 Å². The molecule has 0 aliphatic heterocycles. The summed E-state index contributed by atoms with van der Waals surface area (Å²) in [6.07, 6.45) is -3.84. The van der Waals surface area contributed by atoms with E-state index in [4.69, 9.17) is 9.15 Å². The van der Waals surface area contributed by atoms with Crippen molar-refractivity contribution in [2.75, 3.05) is 6.61 Å². The van der Waals surface area contributed by atoms with Crippen LogP contribution in [0.2, 0.25) is 0 Å². The number of carbonyl (C=O) groups is 2. The van der Waals surface area contributed by atoms with Gasteiger partial charge in [0.05, 0.1) is 24.8 Å². The lowest BCUT2D eigenvalue weighted by Crippen LogP contribution is -2.32. The van der Waals surface area contributed by atoms with Crippen LogP contribution in [0.1, 0.15) is 46.3 Å². The SMILES string of the molecule is Cc1oc(-c2ccccc2)nc1CCCOc1ccc(C(CC(=O)O)N/C(=C/C(=O)c2ccccc2)C(F)(F)F)cc1. The first-order valence-electron chi connectivity index (χ1n) is 13.2. The van der Waals surface area contributed by atoms with Gasteiger partial charge in [-0.05, 0) is 49.6 Å². The van der Waals surface area contributed by atoms with Crippen molar-refractivity contribution in [1.29, 1.82) is 0 Å². The highest BCUT2D eigenvalue weighted by molar-refractivity contribution is 6.04. The Balaban J connectivity index is 1.38. The number of aryl methyl sites for hydroxylation is 2. The highest BCUT2D eigenvalue weighted by Crippen LogP contribution is 2.29. The number of alkyl halides is 3. The van der Waals surface area contributed by atoms with Crippen LogP contribution in [-0.2, 0) is 11.2 Å². The molecular weight excluding hydrogens is 549 g/mol. The third-order valence-corrected chi connectivity index (χ3v) is 6.37. The van der Waals surface area contributed by atoms with E-state index in [1.807, 2.05) is 37.3 Å². The maximum Gasteiger partial charge on any atom is 0.431 e. The number of aromatic nitrogens is 1. The number of nitrogens with one attached hydrogen (secondary N) is 1. The molecule has 1 aromatic heterocycles. The summed E-state index contributed by atoms with van der Waals surface area (Å²) >= 11 is 0. The minimum Gasteiger partial charge on any atom is -0.494 e. The third kappa shape index (κ3) is 8.33. The summed E-state index contributed by atoms with van der Waals surface area (Å²) in [7, 11) is 0. The molecule has 0 fully saturated rings. The number of ether oxygens (including phenoxy) is 1. The van der Waals surface area contributed by atoms with Crippen LogP contribution >= 0.6 is 0 Å². The molecule has 4 rings (SSSR count). The number of ketones is 1. The van der Waals surface area contributed by atoms with Crippen molar-refractivity contribution in [3.05, 3.63) is 119 Å².